The van der Waals surface area contributed by atoms with Crippen molar-refractivity contribution in [3.8, 4) is 11.5 Å². The summed E-state index contributed by atoms with van der Waals surface area (Å²) >= 11 is 3.20. The Kier molecular flexibility index (Phi) is 4.68. The minimum absolute atomic E-state index is 0.0988. The van der Waals surface area contributed by atoms with Gasteiger partial charge in [0.2, 0.25) is 0 Å². The first-order chi connectivity index (χ1) is 11.8. The van der Waals surface area contributed by atoms with Gasteiger partial charge >= 0.3 is 6.03 Å². The molecule has 11 heteroatoms. The Labute approximate surface area is 151 Å². The van der Waals surface area contributed by atoms with Crippen LogP contribution in [-0.4, -0.2) is 32.6 Å². The number of fused-ring (bicyclic) bond motifs is 1. The molecule has 0 saturated heterocycles. The molecule has 2 amide bonds. The van der Waals surface area contributed by atoms with Crippen LogP contribution >= 0.6 is 15.9 Å². The highest BCUT2D eigenvalue weighted by atomic mass is 79.9. The van der Waals surface area contributed by atoms with E-state index in [4.69, 9.17) is 15.2 Å². The predicted octanol–water partition coefficient (Wildman–Crippen LogP) is 1.71. The summed E-state index contributed by atoms with van der Waals surface area (Å²) in [5.41, 5.74) is 5.56. The number of urea groups is 1. The fourth-order valence-corrected chi connectivity index (χ4v) is 3.47. The van der Waals surface area contributed by atoms with Crippen molar-refractivity contribution < 1.29 is 22.7 Å². The topological polar surface area (TPSA) is 133 Å². The van der Waals surface area contributed by atoms with Gasteiger partial charge in [0.15, 0.2) is 11.5 Å². The standard InChI is InChI=1S/C14H13BrN4O5S/c15-8-5-12(16)17-13(6-8)18-14(20)19-25(21,22)9-1-2-10-11(7-9)24-4-3-23-10/h1-2,5-7H,3-4H2,(H4,16,17,18,19,20). The van der Waals surface area contributed by atoms with Crippen molar-refractivity contribution in [1.82, 2.24) is 9.71 Å². The molecule has 0 spiro atoms. The Hall–Kier alpha value is -2.53. The van der Waals surface area contributed by atoms with Gasteiger partial charge in [0, 0.05) is 10.5 Å². The number of sulfonamides is 1. The molecule has 0 saturated carbocycles. The summed E-state index contributed by atoms with van der Waals surface area (Å²) in [6, 6.07) is 6.12. The summed E-state index contributed by atoms with van der Waals surface area (Å²) in [5, 5.41) is 2.31. The third-order valence-electron chi connectivity index (χ3n) is 3.10. The summed E-state index contributed by atoms with van der Waals surface area (Å²) in [6.45, 7) is 0.711. The van der Waals surface area contributed by atoms with Gasteiger partial charge in [0.1, 0.15) is 24.8 Å². The summed E-state index contributed by atoms with van der Waals surface area (Å²) in [4.78, 5) is 15.7. The van der Waals surface area contributed by atoms with E-state index in [-0.39, 0.29) is 16.5 Å². The molecule has 0 fully saturated rings. The Balaban J connectivity index is 1.75. The number of nitrogen functional groups attached to an aromatic ring is 1. The second-order valence-corrected chi connectivity index (χ2v) is 7.56. The Morgan fingerprint density at radius 2 is 1.88 bits per heavy atom. The van der Waals surface area contributed by atoms with Gasteiger partial charge in [0.25, 0.3) is 10.0 Å². The molecule has 0 radical (unpaired) electrons. The number of nitrogens with two attached hydrogens (primary N) is 1. The molecule has 1 aliphatic heterocycles. The van der Waals surface area contributed by atoms with Crippen LogP contribution in [0.15, 0.2) is 39.7 Å². The number of nitrogens with one attached hydrogen (secondary N) is 2. The molecule has 0 bridgehead atoms. The van der Waals surface area contributed by atoms with Crippen LogP contribution in [0, 0.1) is 0 Å². The van der Waals surface area contributed by atoms with E-state index < -0.39 is 16.1 Å². The first-order valence-electron chi connectivity index (χ1n) is 7.00. The number of hydrogen-bond donors (Lipinski definition) is 3. The number of carbonyl (C=O) groups excluding carboxylic acids is 1. The molecule has 0 atom stereocenters. The molecule has 9 nitrogen and oxygen atoms in total. The number of carbonyl (C=O) groups is 1. The Bertz CT molecular complexity index is 915. The maximum Gasteiger partial charge on any atom is 0.334 e. The second kappa shape index (κ2) is 6.76. The van der Waals surface area contributed by atoms with E-state index in [1.165, 1.54) is 30.3 Å². The van der Waals surface area contributed by atoms with Gasteiger partial charge in [-0.05, 0) is 24.3 Å². The van der Waals surface area contributed by atoms with Crippen molar-refractivity contribution in [1.29, 1.82) is 0 Å². The van der Waals surface area contributed by atoms with Gasteiger partial charge in [-0.15, -0.1) is 0 Å². The summed E-state index contributed by atoms with van der Waals surface area (Å²) in [5.74, 6) is 1.01. The largest absolute Gasteiger partial charge is 0.486 e. The average molecular weight is 429 g/mol. The number of pyridine rings is 1. The maximum atomic E-state index is 12.3. The van der Waals surface area contributed by atoms with Crippen LogP contribution in [0.4, 0.5) is 16.4 Å². The fourth-order valence-electron chi connectivity index (χ4n) is 2.09. The van der Waals surface area contributed by atoms with Crippen molar-refractivity contribution in [3.63, 3.8) is 0 Å². The minimum atomic E-state index is -4.10. The fraction of sp³-hybridized carbons (Fsp3) is 0.143. The molecular formula is C14H13BrN4O5S. The van der Waals surface area contributed by atoms with E-state index in [9.17, 15) is 13.2 Å². The minimum Gasteiger partial charge on any atom is -0.486 e. The summed E-state index contributed by atoms with van der Waals surface area (Å²) in [7, 11) is -4.10. The lowest BCUT2D eigenvalue weighted by molar-refractivity contribution is 0.171. The highest BCUT2D eigenvalue weighted by Gasteiger charge is 2.21. The zero-order valence-electron chi connectivity index (χ0n) is 12.7. The number of benzene rings is 1. The van der Waals surface area contributed by atoms with E-state index in [0.29, 0.717) is 29.2 Å². The van der Waals surface area contributed by atoms with E-state index in [1.807, 2.05) is 4.72 Å². The average Bonchev–Trinajstić information content (AvgIpc) is 2.52. The Morgan fingerprint density at radius 3 is 2.60 bits per heavy atom. The highest BCUT2D eigenvalue weighted by molar-refractivity contribution is 9.10. The smallest absolute Gasteiger partial charge is 0.334 e. The molecule has 2 heterocycles. The Morgan fingerprint density at radius 1 is 1.16 bits per heavy atom. The zero-order chi connectivity index (χ0) is 18.0. The van der Waals surface area contributed by atoms with Crippen LogP contribution in [0.3, 0.4) is 0 Å². The number of ether oxygens (including phenoxy) is 2. The molecule has 2 aromatic rings. The van der Waals surface area contributed by atoms with Gasteiger partial charge in [-0.3, -0.25) is 5.32 Å². The summed E-state index contributed by atoms with van der Waals surface area (Å²) in [6.07, 6.45) is 0. The normalized spacial score (nSPS) is 13.2. The number of halogens is 1. The lowest BCUT2D eigenvalue weighted by Gasteiger charge is -2.18. The van der Waals surface area contributed by atoms with Crippen LogP contribution in [0.1, 0.15) is 0 Å². The first-order valence-corrected chi connectivity index (χ1v) is 9.28. The van der Waals surface area contributed by atoms with Crippen LogP contribution in [-0.2, 0) is 10.0 Å². The molecule has 1 aliphatic rings. The highest BCUT2D eigenvalue weighted by Crippen LogP contribution is 2.32. The van der Waals surface area contributed by atoms with Crippen LogP contribution < -0.4 is 25.2 Å². The third kappa shape index (κ3) is 4.12. The van der Waals surface area contributed by atoms with Gasteiger partial charge in [0.05, 0.1) is 4.90 Å². The number of aromatic nitrogens is 1. The molecular weight excluding hydrogens is 416 g/mol. The maximum absolute atomic E-state index is 12.3. The van der Waals surface area contributed by atoms with Gasteiger partial charge in [-0.25, -0.2) is 22.9 Å². The van der Waals surface area contributed by atoms with Crippen molar-refractivity contribution in [2.24, 2.45) is 0 Å². The van der Waals surface area contributed by atoms with E-state index in [2.05, 4.69) is 26.2 Å². The molecule has 1 aromatic heterocycles. The second-order valence-electron chi connectivity index (χ2n) is 4.96. The zero-order valence-corrected chi connectivity index (χ0v) is 15.1. The number of rotatable bonds is 3. The van der Waals surface area contributed by atoms with Crippen molar-refractivity contribution in [3.05, 3.63) is 34.8 Å². The van der Waals surface area contributed by atoms with Crippen molar-refractivity contribution in [2.75, 3.05) is 24.3 Å². The lowest BCUT2D eigenvalue weighted by Crippen LogP contribution is -2.34. The van der Waals surface area contributed by atoms with E-state index in [0.717, 1.165) is 0 Å². The quantitative estimate of drug-likeness (QED) is 0.677. The van der Waals surface area contributed by atoms with Crippen molar-refractivity contribution in [2.45, 2.75) is 4.90 Å². The molecule has 0 aliphatic carbocycles. The van der Waals surface area contributed by atoms with Crippen LogP contribution in [0.25, 0.3) is 0 Å². The molecule has 4 N–H and O–H groups in total. The molecule has 132 valence electrons. The summed E-state index contributed by atoms with van der Waals surface area (Å²) < 4.78 is 37.8. The van der Waals surface area contributed by atoms with Gasteiger partial charge in [-0.1, -0.05) is 15.9 Å². The molecule has 1 aromatic carbocycles. The number of nitrogens with zero attached hydrogens (tertiary/aromatic N) is 1. The number of anilines is 2. The first kappa shape index (κ1) is 17.3. The molecule has 0 unspecified atom stereocenters. The van der Waals surface area contributed by atoms with Crippen LogP contribution in [0.2, 0.25) is 0 Å². The monoisotopic (exact) mass is 428 g/mol. The van der Waals surface area contributed by atoms with E-state index >= 15 is 0 Å². The lowest BCUT2D eigenvalue weighted by atomic mass is 10.3. The number of amides is 2. The third-order valence-corrected chi connectivity index (χ3v) is 4.89. The molecule has 25 heavy (non-hydrogen) atoms. The van der Waals surface area contributed by atoms with Gasteiger partial charge < -0.3 is 15.2 Å². The number of hydrogen-bond acceptors (Lipinski definition) is 7. The van der Waals surface area contributed by atoms with E-state index in [1.54, 1.807) is 0 Å². The molecule has 3 rings (SSSR count). The van der Waals surface area contributed by atoms with Crippen molar-refractivity contribution >= 4 is 43.6 Å². The predicted molar refractivity (Wildman–Crippen MR) is 93.1 cm³/mol. The van der Waals surface area contributed by atoms with Gasteiger partial charge in [-0.2, -0.15) is 0 Å². The SMILES string of the molecule is Nc1cc(Br)cc(NC(=O)NS(=O)(=O)c2ccc3c(c2)OCCO3)n1. The van der Waals surface area contributed by atoms with Crippen LogP contribution in [0.5, 0.6) is 11.5 Å².